The van der Waals surface area contributed by atoms with Crippen molar-refractivity contribution in [1.29, 1.82) is 0 Å². The summed E-state index contributed by atoms with van der Waals surface area (Å²) in [7, 11) is 0. The predicted octanol–water partition coefficient (Wildman–Crippen LogP) is 0.467. The van der Waals surface area contributed by atoms with Gasteiger partial charge in [0.1, 0.15) is 0 Å². The van der Waals surface area contributed by atoms with E-state index in [0.717, 1.165) is 58.5 Å². The number of nitrogens with zero attached hydrogens (tertiary/aromatic N) is 2. The van der Waals surface area contributed by atoms with Crippen LogP contribution in [0.15, 0.2) is 0 Å². The molecule has 2 fully saturated rings. The summed E-state index contributed by atoms with van der Waals surface area (Å²) in [5.41, 5.74) is 0. The SMILES string of the molecule is CCC(C)NC(=O)CN1CCN(C(=O)C2CCNCC2)CC1.Cl. The Balaban J connectivity index is 0.00000264. The molecule has 134 valence electrons. The fourth-order valence-electron chi connectivity index (χ4n) is 3.08. The molecule has 2 heterocycles. The molecule has 0 saturated carbocycles. The van der Waals surface area contributed by atoms with Gasteiger partial charge in [-0.25, -0.2) is 0 Å². The minimum atomic E-state index is 0. The predicted molar refractivity (Wildman–Crippen MR) is 93.8 cm³/mol. The first kappa shape index (κ1) is 20.2. The standard InChI is InChI=1S/C16H30N4O2.ClH/c1-3-13(2)18-15(21)12-19-8-10-20(11-9-19)16(22)14-4-6-17-7-5-14;/h13-14,17H,3-12H2,1-2H3,(H,18,21);1H. The van der Waals surface area contributed by atoms with Crippen molar-refractivity contribution in [1.82, 2.24) is 20.4 Å². The van der Waals surface area contributed by atoms with E-state index < -0.39 is 0 Å². The molecule has 23 heavy (non-hydrogen) atoms. The number of hydrogen-bond donors (Lipinski definition) is 2. The summed E-state index contributed by atoms with van der Waals surface area (Å²) in [4.78, 5) is 28.5. The number of carbonyl (C=O) groups is 2. The van der Waals surface area contributed by atoms with Gasteiger partial charge in [0.25, 0.3) is 0 Å². The molecule has 0 bridgehead atoms. The van der Waals surface area contributed by atoms with E-state index in [-0.39, 0.29) is 30.3 Å². The molecule has 0 aliphatic carbocycles. The third-order valence-corrected chi connectivity index (χ3v) is 4.76. The van der Waals surface area contributed by atoms with E-state index in [4.69, 9.17) is 0 Å². The highest BCUT2D eigenvalue weighted by molar-refractivity contribution is 5.85. The molecule has 0 aromatic heterocycles. The highest BCUT2D eigenvalue weighted by Gasteiger charge is 2.28. The van der Waals surface area contributed by atoms with Gasteiger partial charge >= 0.3 is 0 Å². The summed E-state index contributed by atoms with van der Waals surface area (Å²) < 4.78 is 0. The van der Waals surface area contributed by atoms with Gasteiger partial charge in [0, 0.05) is 38.1 Å². The van der Waals surface area contributed by atoms with Gasteiger partial charge in [-0.3, -0.25) is 14.5 Å². The van der Waals surface area contributed by atoms with Crippen LogP contribution in [0.1, 0.15) is 33.1 Å². The molecule has 0 aromatic rings. The Kier molecular flexibility index (Phi) is 8.87. The lowest BCUT2D eigenvalue weighted by Gasteiger charge is -2.37. The zero-order valence-corrected chi connectivity index (χ0v) is 15.2. The number of nitrogens with one attached hydrogen (secondary N) is 2. The smallest absolute Gasteiger partial charge is 0.234 e. The first-order chi connectivity index (χ1) is 10.6. The second kappa shape index (κ2) is 10.1. The summed E-state index contributed by atoms with van der Waals surface area (Å²) in [6, 6.07) is 0.232. The quantitative estimate of drug-likeness (QED) is 0.759. The lowest BCUT2D eigenvalue weighted by atomic mass is 9.96. The van der Waals surface area contributed by atoms with Gasteiger partial charge in [-0.1, -0.05) is 6.92 Å². The van der Waals surface area contributed by atoms with Crippen molar-refractivity contribution in [3.8, 4) is 0 Å². The van der Waals surface area contributed by atoms with Gasteiger partial charge in [0.15, 0.2) is 0 Å². The maximum atomic E-state index is 12.5. The minimum absolute atomic E-state index is 0. The van der Waals surface area contributed by atoms with E-state index in [9.17, 15) is 9.59 Å². The fourth-order valence-corrected chi connectivity index (χ4v) is 3.08. The van der Waals surface area contributed by atoms with Crippen LogP contribution in [-0.2, 0) is 9.59 Å². The van der Waals surface area contributed by atoms with Crippen LogP contribution in [-0.4, -0.2) is 73.5 Å². The first-order valence-electron chi connectivity index (χ1n) is 8.61. The van der Waals surface area contributed by atoms with E-state index in [1.54, 1.807) is 0 Å². The van der Waals surface area contributed by atoms with E-state index in [2.05, 4.69) is 22.5 Å². The van der Waals surface area contributed by atoms with Crippen molar-refractivity contribution in [3.63, 3.8) is 0 Å². The van der Waals surface area contributed by atoms with Gasteiger partial charge in [-0.2, -0.15) is 0 Å². The van der Waals surface area contributed by atoms with Gasteiger partial charge in [0.05, 0.1) is 6.54 Å². The number of piperidine rings is 1. The lowest BCUT2D eigenvalue weighted by molar-refractivity contribution is -0.138. The van der Waals surface area contributed by atoms with Crippen molar-refractivity contribution < 1.29 is 9.59 Å². The maximum Gasteiger partial charge on any atom is 0.234 e. The summed E-state index contributed by atoms with van der Waals surface area (Å²) in [5, 5.41) is 6.29. The average molecular weight is 347 g/mol. The molecule has 2 aliphatic rings. The Morgan fingerprint density at radius 2 is 1.78 bits per heavy atom. The highest BCUT2D eigenvalue weighted by atomic mass is 35.5. The molecule has 0 spiro atoms. The number of carbonyl (C=O) groups excluding carboxylic acids is 2. The molecule has 2 saturated heterocycles. The van der Waals surface area contributed by atoms with Gasteiger partial charge in [-0.05, 0) is 39.3 Å². The zero-order chi connectivity index (χ0) is 15.9. The Morgan fingerprint density at radius 3 is 2.35 bits per heavy atom. The summed E-state index contributed by atoms with van der Waals surface area (Å²) in [6.07, 6.45) is 2.86. The molecule has 0 radical (unpaired) electrons. The van der Waals surface area contributed by atoms with E-state index in [1.165, 1.54) is 0 Å². The Labute approximate surface area is 145 Å². The summed E-state index contributed by atoms with van der Waals surface area (Å²) in [5.74, 6) is 0.596. The number of piperazine rings is 1. The monoisotopic (exact) mass is 346 g/mol. The van der Waals surface area contributed by atoms with Crippen LogP contribution < -0.4 is 10.6 Å². The second-order valence-corrected chi connectivity index (χ2v) is 6.50. The van der Waals surface area contributed by atoms with E-state index in [0.29, 0.717) is 12.5 Å². The number of amides is 2. The molecule has 7 heteroatoms. The highest BCUT2D eigenvalue weighted by Crippen LogP contribution is 2.16. The molecule has 1 atom stereocenters. The molecule has 2 amide bonds. The van der Waals surface area contributed by atoms with Crippen LogP contribution in [0.5, 0.6) is 0 Å². The number of rotatable bonds is 5. The Hall–Kier alpha value is -0.850. The van der Waals surface area contributed by atoms with Crippen LogP contribution in [0.3, 0.4) is 0 Å². The van der Waals surface area contributed by atoms with Gasteiger partial charge in [-0.15, -0.1) is 12.4 Å². The Bertz CT molecular complexity index is 380. The van der Waals surface area contributed by atoms with Crippen molar-refractivity contribution in [3.05, 3.63) is 0 Å². The van der Waals surface area contributed by atoms with Crippen LogP contribution in [0.25, 0.3) is 0 Å². The van der Waals surface area contributed by atoms with Crippen LogP contribution in [0, 0.1) is 5.92 Å². The van der Waals surface area contributed by atoms with E-state index >= 15 is 0 Å². The maximum absolute atomic E-state index is 12.5. The third-order valence-electron chi connectivity index (χ3n) is 4.76. The molecule has 2 rings (SSSR count). The van der Waals surface area contributed by atoms with Crippen LogP contribution in [0.4, 0.5) is 0 Å². The molecule has 1 unspecified atom stereocenters. The number of halogens is 1. The molecule has 2 N–H and O–H groups in total. The largest absolute Gasteiger partial charge is 0.353 e. The summed E-state index contributed by atoms with van der Waals surface area (Å²) >= 11 is 0. The minimum Gasteiger partial charge on any atom is -0.353 e. The molecule has 2 aliphatic heterocycles. The molecular formula is C16H31ClN4O2. The Morgan fingerprint density at radius 1 is 1.17 bits per heavy atom. The van der Waals surface area contributed by atoms with Crippen molar-refractivity contribution >= 4 is 24.2 Å². The average Bonchev–Trinajstić information content (AvgIpc) is 2.55. The van der Waals surface area contributed by atoms with E-state index in [1.807, 2.05) is 11.8 Å². The van der Waals surface area contributed by atoms with Crippen LogP contribution in [0.2, 0.25) is 0 Å². The van der Waals surface area contributed by atoms with Gasteiger partial charge < -0.3 is 15.5 Å². The lowest BCUT2D eigenvalue weighted by Crippen LogP contribution is -2.53. The first-order valence-corrected chi connectivity index (χ1v) is 8.61. The molecule has 6 nitrogen and oxygen atoms in total. The van der Waals surface area contributed by atoms with Crippen molar-refractivity contribution in [2.75, 3.05) is 45.8 Å². The fraction of sp³-hybridized carbons (Fsp3) is 0.875. The van der Waals surface area contributed by atoms with Crippen LogP contribution >= 0.6 is 12.4 Å². The normalized spacial score (nSPS) is 21.4. The van der Waals surface area contributed by atoms with Crippen molar-refractivity contribution in [2.24, 2.45) is 5.92 Å². The topological polar surface area (TPSA) is 64.7 Å². The second-order valence-electron chi connectivity index (χ2n) is 6.50. The van der Waals surface area contributed by atoms with Gasteiger partial charge in [0.2, 0.25) is 11.8 Å². The van der Waals surface area contributed by atoms with Crippen molar-refractivity contribution in [2.45, 2.75) is 39.2 Å². The summed E-state index contributed by atoms with van der Waals surface area (Å²) in [6.45, 7) is 9.52. The zero-order valence-electron chi connectivity index (χ0n) is 14.3. The molecule has 0 aromatic carbocycles. The number of hydrogen-bond acceptors (Lipinski definition) is 4. The third kappa shape index (κ3) is 6.28. The molecular weight excluding hydrogens is 316 g/mol.